The molecule has 1 atom stereocenters. The number of fused-ring (bicyclic) bond motifs is 1. The van der Waals surface area contributed by atoms with Crippen molar-refractivity contribution in [3.63, 3.8) is 0 Å². The van der Waals surface area contributed by atoms with Crippen LogP contribution in [0.1, 0.15) is 29.7 Å². The summed E-state index contributed by atoms with van der Waals surface area (Å²) in [7, 11) is 0. The number of aromatic nitrogens is 5. The Bertz CT molecular complexity index is 1840. The van der Waals surface area contributed by atoms with Gasteiger partial charge in [0.25, 0.3) is 5.19 Å². The number of carbonyl (C=O) groups excluding carboxylic acids is 1. The fraction of sp³-hybridized carbons (Fsp3) is 0.323. The molecule has 13 heteroatoms. The summed E-state index contributed by atoms with van der Waals surface area (Å²) < 4.78 is 50.1. The van der Waals surface area contributed by atoms with Crippen LogP contribution in [0.2, 0.25) is 0 Å². The van der Waals surface area contributed by atoms with Crippen LogP contribution >= 0.6 is 11.3 Å². The first-order valence-electron chi connectivity index (χ1n) is 14.3. The van der Waals surface area contributed by atoms with E-state index in [1.54, 1.807) is 23.1 Å². The summed E-state index contributed by atoms with van der Waals surface area (Å²) in [5, 5.41) is 9.05. The lowest BCUT2D eigenvalue weighted by Gasteiger charge is -2.37. The van der Waals surface area contributed by atoms with Crippen molar-refractivity contribution in [1.29, 1.82) is 0 Å². The first-order valence-corrected chi connectivity index (χ1v) is 15.1. The molecular weight excluding hydrogens is 590 g/mol. The molecule has 1 unspecified atom stereocenters. The van der Waals surface area contributed by atoms with Gasteiger partial charge in [-0.3, -0.25) is 4.79 Å². The second-order valence-corrected chi connectivity index (χ2v) is 11.8. The van der Waals surface area contributed by atoms with Gasteiger partial charge in [-0.2, -0.15) is 0 Å². The first kappa shape index (κ1) is 28.3. The second kappa shape index (κ2) is 11.9. The molecule has 0 radical (unpaired) electrons. The lowest BCUT2D eigenvalue weighted by Crippen LogP contribution is -2.55. The van der Waals surface area contributed by atoms with Crippen molar-refractivity contribution in [3.8, 4) is 22.3 Å². The van der Waals surface area contributed by atoms with E-state index in [9.17, 15) is 4.79 Å². The molecule has 7 rings (SSSR count). The number of imidazole rings is 1. The van der Waals surface area contributed by atoms with Gasteiger partial charge in [-0.25, -0.2) is 18.7 Å². The van der Waals surface area contributed by atoms with E-state index in [0.717, 1.165) is 24.1 Å². The lowest BCUT2D eigenvalue weighted by molar-refractivity contribution is -0.137. The number of amides is 1. The van der Waals surface area contributed by atoms with Gasteiger partial charge in [-0.05, 0) is 42.3 Å². The molecule has 2 aromatic carbocycles. The zero-order valence-electron chi connectivity index (χ0n) is 23.8. The summed E-state index contributed by atoms with van der Waals surface area (Å²) in [6.45, 7) is 3.98. The van der Waals surface area contributed by atoms with E-state index in [0.29, 0.717) is 35.7 Å². The molecular formula is C31H28F2N6O4S. The van der Waals surface area contributed by atoms with Crippen LogP contribution in [0.25, 0.3) is 22.3 Å². The quantitative estimate of drug-likeness (QED) is 0.220. The molecule has 0 aliphatic carbocycles. The zero-order valence-corrected chi connectivity index (χ0v) is 24.6. The monoisotopic (exact) mass is 618 g/mol. The Balaban J connectivity index is 1.03. The molecule has 44 heavy (non-hydrogen) atoms. The molecule has 0 saturated carbocycles. The van der Waals surface area contributed by atoms with Gasteiger partial charge < -0.3 is 23.7 Å². The molecule has 0 bridgehead atoms. The smallest absolute Gasteiger partial charge is 0.294 e. The normalized spacial score (nSPS) is 16.5. The molecule has 10 nitrogen and oxygen atoms in total. The molecule has 0 spiro atoms. The summed E-state index contributed by atoms with van der Waals surface area (Å²) in [6, 6.07) is 15.0. The fourth-order valence-corrected chi connectivity index (χ4v) is 5.89. The Morgan fingerprint density at radius 1 is 1.07 bits per heavy atom. The maximum Gasteiger partial charge on any atom is 0.294 e. The molecule has 2 saturated heterocycles. The van der Waals surface area contributed by atoms with Crippen molar-refractivity contribution in [2.24, 2.45) is 0 Å². The number of ether oxygens (including phenoxy) is 3. The molecule has 5 aromatic rings. The first-order chi connectivity index (χ1) is 21.4. The van der Waals surface area contributed by atoms with E-state index < -0.39 is 11.6 Å². The van der Waals surface area contributed by atoms with Gasteiger partial charge in [0.1, 0.15) is 30.2 Å². The van der Waals surface area contributed by atoms with Gasteiger partial charge in [0.05, 0.1) is 42.5 Å². The zero-order chi connectivity index (χ0) is 30.2. The minimum Gasteiger partial charge on any atom is -0.470 e. The Morgan fingerprint density at radius 3 is 2.70 bits per heavy atom. The number of benzene rings is 2. The molecule has 2 aliphatic heterocycles. The van der Waals surface area contributed by atoms with Gasteiger partial charge in [0, 0.05) is 31.6 Å². The Morgan fingerprint density at radius 2 is 1.91 bits per heavy atom. The van der Waals surface area contributed by atoms with Crippen LogP contribution in [0.5, 0.6) is 11.1 Å². The number of rotatable bonds is 10. The summed E-state index contributed by atoms with van der Waals surface area (Å²) in [5.74, 6) is -0.255. The van der Waals surface area contributed by atoms with Crippen molar-refractivity contribution in [1.82, 2.24) is 29.6 Å². The topological polar surface area (TPSA) is 104 Å². The SMILES string of the molecule is CC(=O)N1CC(Oc2nnc(COc3cccc(-c4cc(F)c(Cc5nc6ccccc6n5CC5CCO5)cc4F)n3)s2)C1. The van der Waals surface area contributed by atoms with Crippen LogP contribution in [-0.2, 0) is 29.1 Å². The number of hydrogen-bond acceptors (Lipinski definition) is 9. The molecule has 2 fully saturated rings. The number of hydrogen-bond donors (Lipinski definition) is 0. The van der Waals surface area contributed by atoms with Crippen molar-refractivity contribution in [2.45, 2.75) is 45.1 Å². The standard InChI is InChI=1S/C31H28F2N6O4S/c1-18(40)38-14-21(15-38)43-31-37-36-30(44-31)17-42-29-8-4-6-25(35-29)22-13-23(32)19(11-24(22)33)12-28-34-26-5-2-3-7-27(26)39(28)16-20-9-10-41-20/h2-8,11,13,20-21H,9-10,12,14-17H2,1H3. The highest BCUT2D eigenvalue weighted by Crippen LogP contribution is 2.29. The maximum absolute atomic E-state index is 15.4. The van der Waals surface area contributed by atoms with Crippen LogP contribution < -0.4 is 9.47 Å². The third-order valence-corrected chi connectivity index (χ3v) is 8.54. The average molecular weight is 619 g/mol. The van der Waals surface area contributed by atoms with E-state index in [-0.39, 0.29) is 53.8 Å². The summed E-state index contributed by atoms with van der Waals surface area (Å²) in [4.78, 5) is 22.1. The molecule has 5 heterocycles. The average Bonchev–Trinajstić information content (AvgIpc) is 3.56. The van der Waals surface area contributed by atoms with E-state index in [4.69, 9.17) is 19.2 Å². The Kier molecular flexibility index (Phi) is 7.64. The van der Waals surface area contributed by atoms with Crippen LogP contribution in [0.4, 0.5) is 8.78 Å². The largest absolute Gasteiger partial charge is 0.470 e. The van der Waals surface area contributed by atoms with Crippen LogP contribution in [-0.4, -0.2) is 67.4 Å². The number of likely N-dealkylation sites (tertiary alicyclic amines) is 1. The lowest BCUT2D eigenvalue weighted by atomic mass is 10.0. The maximum atomic E-state index is 15.4. The highest BCUT2D eigenvalue weighted by Gasteiger charge is 2.31. The third-order valence-electron chi connectivity index (χ3n) is 7.75. The van der Waals surface area contributed by atoms with Crippen molar-refractivity contribution in [3.05, 3.63) is 82.6 Å². The van der Waals surface area contributed by atoms with E-state index >= 15 is 8.78 Å². The minimum atomic E-state index is -0.596. The van der Waals surface area contributed by atoms with Gasteiger partial charge in [0.2, 0.25) is 11.8 Å². The predicted octanol–water partition coefficient (Wildman–Crippen LogP) is 4.80. The van der Waals surface area contributed by atoms with E-state index in [2.05, 4.69) is 15.2 Å². The number of halogens is 2. The summed E-state index contributed by atoms with van der Waals surface area (Å²) in [6.07, 6.45) is 1.07. The van der Waals surface area contributed by atoms with E-state index in [1.807, 2.05) is 28.8 Å². The van der Waals surface area contributed by atoms with Crippen molar-refractivity contribution >= 4 is 28.3 Å². The van der Waals surface area contributed by atoms with Crippen molar-refractivity contribution < 1.29 is 27.8 Å². The molecule has 0 N–H and O–H groups in total. The van der Waals surface area contributed by atoms with Crippen LogP contribution in [0.3, 0.4) is 0 Å². The second-order valence-electron chi connectivity index (χ2n) is 10.8. The van der Waals surface area contributed by atoms with Gasteiger partial charge >= 0.3 is 0 Å². The Hall–Kier alpha value is -4.49. The Labute approximate surface area is 255 Å². The fourth-order valence-electron chi connectivity index (χ4n) is 5.22. The number of pyridine rings is 1. The minimum absolute atomic E-state index is 0.0107. The van der Waals surface area contributed by atoms with Gasteiger partial charge in [-0.15, -0.1) is 5.10 Å². The van der Waals surface area contributed by atoms with E-state index in [1.165, 1.54) is 30.4 Å². The molecule has 226 valence electrons. The highest BCUT2D eigenvalue weighted by atomic mass is 32.1. The van der Waals surface area contributed by atoms with Crippen LogP contribution in [0, 0.1) is 11.6 Å². The number of para-hydroxylation sites is 2. The number of nitrogens with zero attached hydrogens (tertiary/aromatic N) is 6. The van der Waals surface area contributed by atoms with Crippen molar-refractivity contribution in [2.75, 3.05) is 19.7 Å². The van der Waals surface area contributed by atoms with Crippen LogP contribution in [0.15, 0.2) is 54.6 Å². The number of carbonyl (C=O) groups is 1. The van der Waals surface area contributed by atoms with Gasteiger partial charge in [0.15, 0.2) is 5.01 Å². The molecule has 1 amide bonds. The molecule has 3 aromatic heterocycles. The molecule has 2 aliphatic rings. The third kappa shape index (κ3) is 5.84. The highest BCUT2D eigenvalue weighted by molar-refractivity contribution is 7.13. The van der Waals surface area contributed by atoms with Gasteiger partial charge in [-0.1, -0.05) is 34.6 Å². The summed E-state index contributed by atoms with van der Waals surface area (Å²) in [5.41, 5.74) is 2.21. The summed E-state index contributed by atoms with van der Waals surface area (Å²) >= 11 is 1.23. The predicted molar refractivity (Wildman–Crippen MR) is 157 cm³/mol.